The van der Waals surface area contributed by atoms with Crippen molar-refractivity contribution in [1.82, 2.24) is 9.55 Å². The second kappa shape index (κ2) is 7.17. The summed E-state index contributed by atoms with van der Waals surface area (Å²) in [5.41, 5.74) is 4.13. The predicted octanol–water partition coefficient (Wildman–Crippen LogP) is 4.82. The van der Waals surface area contributed by atoms with Gasteiger partial charge in [-0.2, -0.15) is 0 Å². The van der Waals surface area contributed by atoms with Crippen molar-refractivity contribution in [2.45, 2.75) is 19.4 Å². The highest BCUT2D eigenvalue weighted by Crippen LogP contribution is 2.30. The molecule has 2 heterocycles. The van der Waals surface area contributed by atoms with Gasteiger partial charge in [-0.25, -0.2) is 9.37 Å². The topological polar surface area (TPSA) is 38.1 Å². The highest BCUT2D eigenvalue weighted by molar-refractivity contribution is 5.96. The number of carbonyl (C=O) groups is 1. The number of anilines is 1. The summed E-state index contributed by atoms with van der Waals surface area (Å²) in [6.45, 7) is 0.802. The molecule has 5 rings (SSSR count). The first-order valence-electron chi connectivity index (χ1n) is 9.81. The van der Waals surface area contributed by atoms with Crippen molar-refractivity contribution >= 4 is 22.6 Å². The number of nitrogens with zero attached hydrogens (tertiary/aromatic N) is 3. The molecule has 3 aromatic carbocycles. The Kier molecular flexibility index (Phi) is 4.35. The number of para-hydroxylation sites is 3. The molecule has 0 N–H and O–H groups in total. The molecule has 0 aliphatic carbocycles. The fraction of sp³-hybridized carbons (Fsp3) is 0.167. The Morgan fingerprint density at radius 3 is 2.62 bits per heavy atom. The smallest absolute Gasteiger partial charge is 0.247 e. The second-order valence-corrected chi connectivity index (χ2v) is 7.27. The maximum atomic E-state index is 14.5. The van der Waals surface area contributed by atoms with Crippen LogP contribution in [0.1, 0.15) is 12.0 Å². The van der Waals surface area contributed by atoms with Gasteiger partial charge in [0.1, 0.15) is 18.2 Å². The van der Waals surface area contributed by atoms with Crippen LogP contribution in [0, 0.1) is 5.82 Å². The van der Waals surface area contributed by atoms with E-state index in [4.69, 9.17) is 0 Å². The van der Waals surface area contributed by atoms with Gasteiger partial charge in [-0.3, -0.25) is 4.79 Å². The van der Waals surface area contributed by atoms with Gasteiger partial charge in [0.05, 0.1) is 16.6 Å². The highest BCUT2D eigenvalue weighted by atomic mass is 19.1. The Hall–Kier alpha value is -3.47. The van der Waals surface area contributed by atoms with E-state index in [0.717, 1.165) is 29.6 Å². The van der Waals surface area contributed by atoms with Gasteiger partial charge in [0.25, 0.3) is 0 Å². The quantitative estimate of drug-likeness (QED) is 0.507. The predicted molar refractivity (Wildman–Crippen MR) is 112 cm³/mol. The van der Waals surface area contributed by atoms with Crippen LogP contribution >= 0.6 is 0 Å². The number of benzene rings is 3. The van der Waals surface area contributed by atoms with Crippen LogP contribution in [0.5, 0.6) is 0 Å². The van der Waals surface area contributed by atoms with Gasteiger partial charge in [-0.05, 0) is 48.7 Å². The number of aryl methyl sites for hydroxylation is 1. The average molecular weight is 385 g/mol. The summed E-state index contributed by atoms with van der Waals surface area (Å²) >= 11 is 0. The molecule has 0 atom stereocenters. The van der Waals surface area contributed by atoms with E-state index in [9.17, 15) is 9.18 Å². The first-order chi connectivity index (χ1) is 14.2. The summed E-state index contributed by atoms with van der Waals surface area (Å²) in [4.78, 5) is 19.8. The normalized spacial score (nSPS) is 13.5. The SMILES string of the molecule is O=C(Cn1c(-c2ccccc2F)nc2ccccc21)N1CCCc2ccccc21. The van der Waals surface area contributed by atoms with Crippen molar-refractivity contribution in [2.75, 3.05) is 11.4 Å². The van der Waals surface area contributed by atoms with Gasteiger partial charge in [-0.1, -0.05) is 42.5 Å². The molecule has 0 spiro atoms. The zero-order valence-corrected chi connectivity index (χ0v) is 15.9. The first-order valence-corrected chi connectivity index (χ1v) is 9.81. The van der Waals surface area contributed by atoms with Gasteiger partial charge in [0.2, 0.25) is 5.91 Å². The van der Waals surface area contributed by atoms with Crippen LogP contribution in [-0.2, 0) is 17.8 Å². The number of halogens is 1. The van der Waals surface area contributed by atoms with Gasteiger partial charge < -0.3 is 9.47 Å². The lowest BCUT2D eigenvalue weighted by atomic mass is 10.0. The van der Waals surface area contributed by atoms with Crippen LogP contribution in [-0.4, -0.2) is 22.0 Å². The number of hydrogen-bond donors (Lipinski definition) is 0. The van der Waals surface area contributed by atoms with Crippen LogP contribution in [0.15, 0.2) is 72.8 Å². The summed E-state index contributed by atoms with van der Waals surface area (Å²) in [6.07, 6.45) is 1.92. The molecular weight excluding hydrogens is 365 g/mol. The number of rotatable bonds is 3. The molecule has 1 aliphatic heterocycles. The molecule has 1 aromatic heterocycles. The van der Waals surface area contributed by atoms with E-state index in [1.54, 1.807) is 18.2 Å². The van der Waals surface area contributed by atoms with E-state index in [-0.39, 0.29) is 18.3 Å². The lowest BCUT2D eigenvalue weighted by Gasteiger charge is -2.29. The Labute approximate surface area is 168 Å². The molecule has 5 heteroatoms. The third-order valence-corrected chi connectivity index (χ3v) is 5.47. The lowest BCUT2D eigenvalue weighted by molar-refractivity contribution is -0.119. The third-order valence-electron chi connectivity index (χ3n) is 5.47. The minimum atomic E-state index is -0.347. The molecule has 1 aliphatic rings. The van der Waals surface area contributed by atoms with E-state index < -0.39 is 0 Å². The molecule has 0 bridgehead atoms. The summed E-state index contributed by atoms with van der Waals surface area (Å²) in [5.74, 6) is 0.112. The summed E-state index contributed by atoms with van der Waals surface area (Å²) in [7, 11) is 0. The van der Waals surface area contributed by atoms with Gasteiger partial charge in [-0.15, -0.1) is 0 Å². The Bertz CT molecular complexity index is 1210. The van der Waals surface area contributed by atoms with Crippen molar-refractivity contribution in [1.29, 1.82) is 0 Å². The van der Waals surface area contributed by atoms with E-state index in [0.29, 0.717) is 17.9 Å². The zero-order chi connectivity index (χ0) is 19.8. The van der Waals surface area contributed by atoms with E-state index in [2.05, 4.69) is 11.1 Å². The number of aromatic nitrogens is 2. The molecular formula is C24H20FN3O. The molecule has 1 amide bonds. The fourth-order valence-corrected chi connectivity index (χ4v) is 4.10. The molecule has 0 saturated carbocycles. The molecule has 0 radical (unpaired) electrons. The maximum absolute atomic E-state index is 14.5. The number of amides is 1. The number of hydrogen-bond acceptors (Lipinski definition) is 2. The molecule has 0 saturated heterocycles. The van der Waals surface area contributed by atoms with Crippen LogP contribution in [0.4, 0.5) is 10.1 Å². The molecule has 29 heavy (non-hydrogen) atoms. The van der Waals surface area contributed by atoms with Crippen molar-refractivity contribution in [3.63, 3.8) is 0 Å². The third kappa shape index (κ3) is 3.09. The minimum Gasteiger partial charge on any atom is -0.314 e. The standard InChI is InChI=1S/C24H20FN3O/c25-19-11-3-2-10-18(19)24-26-20-12-4-6-14-22(20)28(24)16-23(29)27-15-7-9-17-8-1-5-13-21(17)27/h1-6,8,10-14H,7,9,15-16H2. The fourth-order valence-electron chi connectivity index (χ4n) is 4.10. The van der Waals surface area contributed by atoms with Crippen LogP contribution in [0.25, 0.3) is 22.4 Å². The van der Waals surface area contributed by atoms with Gasteiger partial charge >= 0.3 is 0 Å². The van der Waals surface area contributed by atoms with Crippen LogP contribution in [0.2, 0.25) is 0 Å². The van der Waals surface area contributed by atoms with E-state index in [1.807, 2.05) is 51.9 Å². The zero-order valence-electron chi connectivity index (χ0n) is 15.9. The largest absolute Gasteiger partial charge is 0.314 e. The average Bonchev–Trinajstić information content (AvgIpc) is 3.12. The summed E-state index contributed by atoms with van der Waals surface area (Å²) in [5, 5.41) is 0. The van der Waals surface area contributed by atoms with Gasteiger partial charge in [0, 0.05) is 12.2 Å². The van der Waals surface area contributed by atoms with E-state index >= 15 is 0 Å². The Morgan fingerprint density at radius 1 is 0.966 bits per heavy atom. The Balaban J connectivity index is 1.58. The monoisotopic (exact) mass is 385 g/mol. The van der Waals surface area contributed by atoms with Crippen molar-refractivity contribution in [3.8, 4) is 11.4 Å². The van der Waals surface area contributed by atoms with Gasteiger partial charge in [0.15, 0.2) is 0 Å². The molecule has 4 aromatic rings. The summed E-state index contributed by atoms with van der Waals surface area (Å²) < 4.78 is 16.4. The van der Waals surface area contributed by atoms with E-state index in [1.165, 1.54) is 11.6 Å². The highest BCUT2D eigenvalue weighted by Gasteiger charge is 2.24. The lowest BCUT2D eigenvalue weighted by Crippen LogP contribution is -2.37. The molecule has 144 valence electrons. The maximum Gasteiger partial charge on any atom is 0.247 e. The van der Waals surface area contributed by atoms with Crippen molar-refractivity contribution in [3.05, 3.63) is 84.2 Å². The summed E-state index contributed by atoms with van der Waals surface area (Å²) in [6, 6.07) is 22.2. The number of fused-ring (bicyclic) bond motifs is 2. The molecule has 4 nitrogen and oxygen atoms in total. The first kappa shape index (κ1) is 17.6. The Morgan fingerprint density at radius 2 is 1.72 bits per heavy atom. The second-order valence-electron chi connectivity index (χ2n) is 7.27. The molecule has 0 unspecified atom stereocenters. The number of imidazole rings is 1. The van der Waals surface area contributed by atoms with Crippen molar-refractivity contribution < 1.29 is 9.18 Å². The van der Waals surface area contributed by atoms with Crippen LogP contribution in [0.3, 0.4) is 0 Å². The number of carbonyl (C=O) groups excluding carboxylic acids is 1. The molecule has 0 fully saturated rings. The van der Waals surface area contributed by atoms with Crippen molar-refractivity contribution in [2.24, 2.45) is 0 Å². The van der Waals surface area contributed by atoms with Crippen LogP contribution < -0.4 is 4.90 Å². The minimum absolute atomic E-state index is 0.0158.